The minimum absolute atomic E-state index is 0. The third-order valence-electron chi connectivity index (χ3n) is 4.37. The van der Waals surface area contributed by atoms with Crippen molar-refractivity contribution in [2.75, 3.05) is 18.4 Å². The van der Waals surface area contributed by atoms with E-state index in [1.165, 1.54) is 18.3 Å². The lowest BCUT2D eigenvalue weighted by atomic mass is 9.88. The molecule has 2 aromatic heterocycles. The molecule has 1 aliphatic heterocycles. The molecule has 3 heterocycles. The number of nitrogens with one attached hydrogen (secondary N) is 3. The summed E-state index contributed by atoms with van der Waals surface area (Å²) >= 11 is 3.10. The molecule has 6 nitrogen and oxygen atoms in total. The smallest absolute Gasteiger partial charge is 0.229 e. The van der Waals surface area contributed by atoms with E-state index >= 15 is 0 Å². The van der Waals surface area contributed by atoms with Gasteiger partial charge in [0, 0.05) is 22.6 Å². The van der Waals surface area contributed by atoms with E-state index in [2.05, 4.69) is 20.9 Å². The van der Waals surface area contributed by atoms with Gasteiger partial charge < -0.3 is 16.0 Å². The van der Waals surface area contributed by atoms with Crippen LogP contribution in [0.5, 0.6) is 0 Å². The topological polar surface area (TPSA) is 83.1 Å². The zero-order valence-electron chi connectivity index (χ0n) is 14.9. The summed E-state index contributed by atoms with van der Waals surface area (Å²) < 4.78 is 0. The Balaban J connectivity index is 0.00000243. The van der Waals surface area contributed by atoms with E-state index in [0.29, 0.717) is 17.6 Å². The molecule has 3 N–H and O–H groups in total. The summed E-state index contributed by atoms with van der Waals surface area (Å²) in [6.07, 6.45) is 0. The minimum Gasteiger partial charge on any atom is -0.351 e. The molecular weight excluding hydrogens is 392 g/mol. The molecule has 0 bridgehead atoms. The number of hydrogen-bond donors (Lipinski definition) is 3. The Kier molecular flexibility index (Phi) is 7.16. The highest BCUT2D eigenvalue weighted by Crippen LogP contribution is 2.35. The zero-order chi connectivity index (χ0) is 18.0. The van der Waals surface area contributed by atoms with Crippen molar-refractivity contribution in [2.24, 2.45) is 11.8 Å². The molecule has 0 aromatic carbocycles. The molecule has 0 aliphatic carbocycles. The summed E-state index contributed by atoms with van der Waals surface area (Å²) in [5.41, 5.74) is 0.900. The van der Waals surface area contributed by atoms with Crippen molar-refractivity contribution in [1.29, 1.82) is 0 Å². The van der Waals surface area contributed by atoms with Crippen LogP contribution in [0.2, 0.25) is 0 Å². The van der Waals surface area contributed by atoms with Crippen LogP contribution in [0, 0.1) is 18.8 Å². The quantitative estimate of drug-likeness (QED) is 0.678. The number of anilines is 1. The van der Waals surface area contributed by atoms with Gasteiger partial charge in [-0.1, -0.05) is 6.92 Å². The summed E-state index contributed by atoms with van der Waals surface area (Å²) in [7, 11) is 0. The van der Waals surface area contributed by atoms with Crippen LogP contribution in [-0.4, -0.2) is 29.9 Å². The van der Waals surface area contributed by atoms with Gasteiger partial charge in [-0.25, -0.2) is 4.98 Å². The molecule has 0 spiro atoms. The van der Waals surface area contributed by atoms with Crippen LogP contribution in [0.1, 0.15) is 23.6 Å². The van der Waals surface area contributed by atoms with Crippen molar-refractivity contribution in [1.82, 2.24) is 15.6 Å². The highest BCUT2D eigenvalue weighted by atomic mass is 35.5. The second-order valence-corrected chi connectivity index (χ2v) is 8.67. The Morgan fingerprint density at radius 1 is 1.35 bits per heavy atom. The Bertz CT molecular complexity index is 786. The monoisotopic (exact) mass is 414 g/mol. The third kappa shape index (κ3) is 4.82. The van der Waals surface area contributed by atoms with Gasteiger partial charge in [0.05, 0.1) is 17.1 Å². The predicted octanol–water partition coefficient (Wildman–Crippen LogP) is 3.03. The van der Waals surface area contributed by atoms with Crippen molar-refractivity contribution in [3.05, 3.63) is 21.9 Å². The minimum atomic E-state index is -0.0411. The number of thiazole rings is 1. The number of rotatable bonds is 6. The maximum absolute atomic E-state index is 12.3. The van der Waals surface area contributed by atoms with E-state index in [4.69, 9.17) is 0 Å². The maximum Gasteiger partial charge on any atom is 0.229 e. The SMILES string of the molecule is CC(=O)NCc1ccc(-c2nc(NC(=O)C(C)C3CNC3)sc2C)s1.Cl. The molecular formula is C17H23ClN4O2S2. The van der Waals surface area contributed by atoms with Crippen molar-refractivity contribution in [3.63, 3.8) is 0 Å². The van der Waals surface area contributed by atoms with Gasteiger partial charge in [0.25, 0.3) is 0 Å². The molecule has 1 saturated heterocycles. The molecule has 142 valence electrons. The van der Waals surface area contributed by atoms with E-state index in [0.717, 1.165) is 33.4 Å². The number of aromatic nitrogens is 1. The summed E-state index contributed by atoms with van der Waals surface area (Å²) in [5, 5.41) is 9.60. The van der Waals surface area contributed by atoms with E-state index in [-0.39, 0.29) is 30.1 Å². The Hall–Kier alpha value is -1.48. The van der Waals surface area contributed by atoms with Gasteiger partial charge in [-0.3, -0.25) is 9.59 Å². The van der Waals surface area contributed by atoms with Crippen molar-refractivity contribution < 1.29 is 9.59 Å². The second kappa shape index (κ2) is 8.94. The molecule has 2 amide bonds. The number of hydrogen-bond acceptors (Lipinski definition) is 6. The lowest BCUT2D eigenvalue weighted by molar-refractivity contribution is -0.121. The van der Waals surface area contributed by atoms with Crippen LogP contribution in [0.3, 0.4) is 0 Å². The highest BCUT2D eigenvalue weighted by Gasteiger charge is 2.29. The van der Waals surface area contributed by atoms with Gasteiger partial charge in [0.1, 0.15) is 0 Å². The second-order valence-electron chi connectivity index (χ2n) is 6.30. The molecule has 0 radical (unpaired) electrons. The number of amides is 2. The summed E-state index contributed by atoms with van der Waals surface area (Å²) in [4.78, 5) is 31.2. The molecule has 1 aliphatic rings. The first-order valence-electron chi connectivity index (χ1n) is 8.26. The molecule has 2 aromatic rings. The number of aryl methyl sites for hydroxylation is 1. The highest BCUT2D eigenvalue weighted by molar-refractivity contribution is 7.18. The fourth-order valence-corrected chi connectivity index (χ4v) is 4.48. The first-order valence-corrected chi connectivity index (χ1v) is 9.90. The normalized spacial score (nSPS) is 14.9. The lowest BCUT2D eigenvalue weighted by Gasteiger charge is -2.31. The summed E-state index contributed by atoms with van der Waals surface area (Å²) in [6, 6.07) is 4.01. The maximum atomic E-state index is 12.3. The van der Waals surface area contributed by atoms with Gasteiger partial charge in [-0.15, -0.1) is 35.1 Å². The number of halogens is 1. The van der Waals surface area contributed by atoms with Crippen LogP contribution in [0.4, 0.5) is 5.13 Å². The van der Waals surface area contributed by atoms with Crippen LogP contribution >= 0.6 is 35.1 Å². The van der Waals surface area contributed by atoms with Gasteiger partial charge in [-0.05, 0) is 38.1 Å². The van der Waals surface area contributed by atoms with Gasteiger partial charge >= 0.3 is 0 Å². The van der Waals surface area contributed by atoms with E-state index in [9.17, 15) is 9.59 Å². The zero-order valence-corrected chi connectivity index (χ0v) is 17.4. The average molecular weight is 415 g/mol. The molecule has 9 heteroatoms. The number of carbonyl (C=O) groups excluding carboxylic acids is 2. The fourth-order valence-electron chi connectivity index (χ4n) is 2.59. The standard InChI is InChI=1S/C17H22N4O2S2.ClH/c1-9(12-6-18-7-12)16(23)21-17-20-15(10(2)24-17)14-5-4-13(25-14)8-19-11(3)22;/h4-5,9,12,18H,6-8H2,1-3H3,(H,19,22)(H,20,21,23);1H. The first-order chi connectivity index (χ1) is 11.9. The lowest BCUT2D eigenvalue weighted by Crippen LogP contribution is -2.48. The van der Waals surface area contributed by atoms with Crippen molar-refractivity contribution in [2.45, 2.75) is 27.3 Å². The van der Waals surface area contributed by atoms with Crippen LogP contribution in [0.25, 0.3) is 10.6 Å². The molecule has 1 atom stereocenters. The van der Waals surface area contributed by atoms with Crippen molar-refractivity contribution in [3.8, 4) is 10.6 Å². The van der Waals surface area contributed by atoms with E-state index in [1.807, 2.05) is 26.0 Å². The molecule has 0 saturated carbocycles. The van der Waals surface area contributed by atoms with E-state index in [1.54, 1.807) is 11.3 Å². The Labute approximate surface area is 167 Å². The van der Waals surface area contributed by atoms with Gasteiger partial charge in [-0.2, -0.15) is 0 Å². The number of thiophene rings is 1. The third-order valence-corrected chi connectivity index (χ3v) is 6.35. The summed E-state index contributed by atoms with van der Waals surface area (Å²) in [6.45, 7) is 7.82. The number of nitrogens with zero attached hydrogens (tertiary/aromatic N) is 1. The fraction of sp³-hybridized carbons (Fsp3) is 0.471. The van der Waals surface area contributed by atoms with Crippen LogP contribution < -0.4 is 16.0 Å². The Morgan fingerprint density at radius 3 is 2.69 bits per heavy atom. The first kappa shape index (κ1) is 20.8. The van der Waals surface area contributed by atoms with Crippen LogP contribution in [-0.2, 0) is 16.1 Å². The molecule has 1 fully saturated rings. The van der Waals surface area contributed by atoms with Crippen LogP contribution in [0.15, 0.2) is 12.1 Å². The predicted molar refractivity (Wildman–Crippen MR) is 109 cm³/mol. The average Bonchev–Trinajstić information content (AvgIpc) is 3.09. The molecule has 26 heavy (non-hydrogen) atoms. The number of carbonyl (C=O) groups is 2. The van der Waals surface area contributed by atoms with Crippen molar-refractivity contribution >= 4 is 52.0 Å². The molecule has 1 unspecified atom stereocenters. The van der Waals surface area contributed by atoms with E-state index < -0.39 is 0 Å². The summed E-state index contributed by atoms with van der Waals surface area (Å²) in [5.74, 6) is 0.388. The Morgan fingerprint density at radius 2 is 2.08 bits per heavy atom. The molecule has 3 rings (SSSR count). The van der Waals surface area contributed by atoms with Gasteiger partial charge in [0.2, 0.25) is 11.8 Å². The largest absolute Gasteiger partial charge is 0.351 e. The van der Waals surface area contributed by atoms with Gasteiger partial charge in [0.15, 0.2) is 5.13 Å².